The van der Waals surface area contributed by atoms with Crippen molar-refractivity contribution in [2.45, 2.75) is 50.6 Å². The fourth-order valence-electron chi connectivity index (χ4n) is 3.98. The lowest BCUT2D eigenvalue weighted by atomic mass is 10.0. The molecule has 2 aliphatic heterocycles. The summed E-state index contributed by atoms with van der Waals surface area (Å²) in [6.07, 6.45) is 8.25. The van der Waals surface area contributed by atoms with Crippen molar-refractivity contribution in [2.75, 3.05) is 33.2 Å². The third-order valence-electron chi connectivity index (χ3n) is 5.39. The van der Waals surface area contributed by atoms with Crippen molar-refractivity contribution >= 4 is 5.91 Å². The molecular formula is C19H30N4O. The van der Waals surface area contributed by atoms with Gasteiger partial charge in [-0.3, -0.25) is 14.7 Å². The number of nitrogens with zero attached hydrogens (tertiary/aromatic N) is 3. The molecule has 1 aromatic heterocycles. The molecule has 1 amide bonds. The Morgan fingerprint density at radius 2 is 2.08 bits per heavy atom. The Hall–Kier alpha value is -1.46. The highest BCUT2D eigenvalue weighted by Crippen LogP contribution is 2.25. The van der Waals surface area contributed by atoms with E-state index in [-0.39, 0.29) is 11.9 Å². The highest BCUT2D eigenvalue weighted by Gasteiger charge is 2.36. The summed E-state index contributed by atoms with van der Waals surface area (Å²) in [5.74, 6) is 0.229. The maximum absolute atomic E-state index is 12.6. The number of likely N-dealkylation sites (tertiary alicyclic amines) is 2. The van der Waals surface area contributed by atoms with Gasteiger partial charge in [-0.1, -0.05) is 6.07 Å². The molecule has 0 bridgehead atoms. The molecule has 0 spiro atoms. The molecule has 1 aromatic rings. The van der Waals surface area contributed by atoms with Crippen molar-refractivity contribution in [3.05, 3.63) is 30.1 Å². The summed E-state index contributed by atoms with van der Waals surface area (Å²) in [5.41, 5.74) is 1.10. The summed E-state index contributed by atoms with van der Waals surface area (Å²) in [6.45, 7) is 4.13. The number of amides is 1. The van der Waals surface area contributed by atoms with E-state index < -0.39 is 0 Å². The van der Waals surface area contributed by atoms with Gasteiger partial charge in [0.25, 0.3) is 0 Å². The van der Waals surface area contributed by atoms with E-state index in [0.717, 1.165) is 57.6 Å². The second-order valence-corrected chi connectivity index (χ2v) is 7.15. The van der Waals surface area contributed by atoms with Gasteiger partial charge in [0, 0.05) is 24.5 Å². The van der Waals surface area contributed by atoms with Gasteiger partial charge in [-0.25, -0.2) is 0 Å². The summed E-state index contributed by atoms with van der Waals surface area (Å²) in [4.78, 5) is 21.8. The van der Waals surface area contributed by atoms with Crippen molar-refractivity contribution in [1.29, 1.82) is 0 Å². The van der Waals surface area contributed by atoms with E-state index in [4.69, 9.17) is 0 Å². The molecule has 0 saturated carbocycles. The highest BCUT2D eigenvalue weighted by molar-refractivity contribution is 5.82. The number of rotatable bonds is 6. The summed E-state index contributed by atoms with van der Waals surface area (Å²) in [7, 11) is 2.19. The maximum atomic E-state index is 12.6. The molecule has 2 saturated heterocycles. The number of aromatic nitrogens is 1. The minimum absolute atomic E-state index is 0.0910. The molecular weight excluding hydrogens is 300 g/mol. The van der Waals surface area contributed by atoms with Gasteiger partial charge >= 0.3 is 0 Å². The molecule has 0 unspecified atom stereocenters. The Kier molecular flexibility index (Phi) is 6.21. The molecule has 0 aromatic carbocycles. The molecule has 0 radical (unpaired) electrons. The molecule has 2 fully saturated rings. The van der Waals surface area contributed by atoms with Gasteiger partial charge in [0.1, 0.15) is 0 Å². The van der Waals surface area contributed by atoms with Crippen LogP contribution in [0.3, 0.4) is 0 Å². The molecule has 24 heavy (non-hydrogen) atoms. The topological polar surface area (TPSA) is 48.5 Å². The maximum Gasteiger partial charge on any atom is 0.237 e. The first-order valence-corrected chi connectivity index (χ1v) is 9.36. The van der Waals surface area contributed by atoms with E-state index in [1.165, 1.54) is 12.8 Å². The SMILES string of the molecule is CN1CCC(N2CCC[C@H]2C(=O)NCCCc2ccccn2)CC1. The monoisotopic (exact) mass is 330 g/mol. The Labute approximate surface area is 145 Å². The molecule has 0 aliphatic carbocycles. The summed E-state index contributed by atoms with van der Waals surface area (Å²) >= 11 is 0. The Balaban J connectivity index is 1.42. The molecule has 132 valence electrons. The van der Waals surface area contributed by atoms with E-state index in [1.54, 1.807) is 0 Å². The lowest BCUT2D eigenvalue weighted by molar-refractivity contribution is -0.126. The van der Waals surface area contributed by atoms with Crippen LogP contribution in [0.2, 0.25) is 0 Å². The smallest absolute Gasteiger partial charge is 0.237 e. The molecule has 1 N–H and O–H groups in total. The van der Waals surface area contributed by atoms with Crippen LogP contribution < -0.4 is 5.32 Å². The lowest BCUT2D eigenvalue weighted by Gasteiger charge is -2.37. The van der Waals surface area contributed by atoms with Crippen LogP contribution >= 0.6 is 0 Å². The largest absolute Gasteiger partial charge is 0.355 e. The highest BCUT2D eigenvalue weighted by atomic mass is 16.2. The van der Waals surface area contributed by atoms with Crippen LogP contribution in [0.5, 0.6) is 0 Å². The number of carbonyl (C=O) groups excluding carboxylic acids is 1. The number of hydrogen-bond donors (Lipinski definition) is 1. The number of carbonyl (C=O) groups is 1. The summed E-state index contributed by atoms with van der Waals surface area (Å²) in [5, 5.41) is 3.15. The van der Waals surface area contributed by atoms with Crippen molar-refractivity contribution < 1.29 is 4.79 Å². The van der Waals surface area contributed by atoms with Crippen LogP contribution in [0.1, 0.15) is 37.8 Å². The minimum atomic E-state index is 0.0910. The fraction of sp³-hybridized carbons (Fsp3) is 0.684. The van der Waals surface area contributed by atoms with Crippen molar-refractivity contribution in [3.63, 3.8) is 0 Å². The van der Waals surface area contributed by atoms with Gasteiger partial charge < -0.3 is 10.2 Å². The zero-order valence-electron chi connectivity index (χ0n) is 14.8. The first-order valence-electron chi connectivity index (χ1n) is 9.36. The minimum Gasteiger partial charge on any atom is -0.355 e. The summed E-state index contributed by atoms with van der Waals surface area (Å²) < 4.78 is 0. The zero-order valence-corrected chi connectivity index (χ0v) is 14.8. The van der Waals surface area contributed by atoms with Crippen molar-refractivity contribution in [1.82, 2.24) is 20.1 Å². The molecule has 3 heterocycles. The number of pyridine rings is 1. The predicted octanol–water partition coefficient (Wildman–Crippen LogP) is 1.69. The molecule has 5 heteroatoms. The van der Waals surface area contributed by atoms with Crippen molar-refractivity contribution in [2.24, 2.45) is 0 Å². The van der Waals surface area contributed by atoms with E-state index in [9.17, 15) is 4.79 Å². The van der Waals surface area contributed by atoms with E-state index in [2.05, 4.69) is 27.1 Å². The molecule has 5 nitrogen and oxygen atoms in total. The van der Waals surface area contributed by atoms with Crippen LogP contribution in [0.15, 0.2) is 24.4 Å². The Morgan fingerprint density at radius 1 is 1.25 bits per heavy atom. The summed E-state index contributed by atoms with van der Waals surface area (Å²) in [6, 6.07) is 6.67. The van der Waals surface area contributed by atoms with Crippen molar-refractivity contribution in [3.8, 4) is 0 Å². The average Bonchev–Trinajstić information content (AvgIpc) is 3.10. The molecule has 3 rings (SSSR count). The standard InChI is InChI=1S/C19H30N4O/c1-22-14-9-17(10-15-22)23-13-5-8-18(23)19(24)21-12-4-7-16-6-2-3-11-20-16/h2-3,6,11,17-18H,4-5,7-10,12-15H2,1H3,(H,21,24)/t18-/m0/s1. The average molecular weight is 330 g/mol. The van der Waals surface area contributed by atoms with E-state index >= 15 is 0 Å². The third-order valence-corrected chi connectivity index (χ3v) is 5.39. The van der Waals surface area contributed by atoms with Gasteiger partial charge in [0.15, 0.2) is 0 Å². The van der Waals surface area contributed by atoms with E-state index in [0.29, 0.717) is 6.04 Å². The number of aryl methyl sites for hydroxylation is 1. The number of nitrogens with one attached hydrogen (secondary N) is 1. The Bertz CT molecular complexity index is 513. The van der Waals surface area contributed by atoms with Gasteiger partial charge in [-0.15, -0.1) is 0 Å². The van der Waals surface area contributed by atoms with Crippen LogP contribution in [0.25, 0.3) is 0 Å². The van der Waals surface area contributed by atoms with Gasteiger partial charge in [-0.2, -0.15) is 0 Å². The Morgan fingerprint density at radius 3 is 2.83 bits per heavy atom. The third kappa shape index (κ3) is 4.54. The van der Waals surface area contributed by atoms with Gasteiger partial charge in [-0.05, 0) is 77.3 Å². The quantitative estimate of drug-likeness (QED) is 0.807. The first kappa shape index (κ1) is 17.4. The fourth-order valence-corrected chi connectivity index (χ4v) is 3.98. The molecule has 1 atom stereocenters. The number of hydrogen-bond acceptors (Lipinski definition) is 4. The predicted molar refractivity (Wildman–Crippen MR) is 95.8 cm³/mol. The number of piperidine rings is 1. The second kappa shape index (κ2) is 8.58. The van der Waals surface area contributed by atoms with Crippen LogP contribution in [-0.2, 0) is 11.2 Å². The van der Waals surface area contributed by atoms with Crippen LogP contribution in [-0.4, -0.2) is 66.0 Å². The lowest BCUT2D eigenvalue weighted by Crippen LogP contribution is -2.51. The second-order valence-electron chi connectivity index (χ2n) is 7.15. The molecule has 2 aliphatic rings. The van der Waals surface area contributed by atoms with Crippen LogP contribution in [0.4, 0.5) is 0 Å². The normalized spacial score (nSPS) is 23.5. The van der Waals surface area contributed by atoms with E-state index in [1.807, 2.05) is 24.4 Å². The zero-order chi connectivity index (χ0) is 16.8. The van der Waals surface area contributed by atoms with Crippen LogP contribution in [0, 0.1) is 0 Å². The first-order chi connectivity index (χ1) is 11.7. The van der Waals surface area contributed by atoms with Gasteiger partial charge in [0.2, 0.25) is 5.91 Å². The van der Waals surface area contributed by atoms with Gasteiger partial charge in [0.05, 0.1) is 6.04 Å².